The Morgan fingerprint density at radius 1 is 1.18 bits per heavy atom. The normalized spacial score (nSPS) is 14.5. The summed E-state index contributed by atoms with van der Waals surface area (Å²) in [6.45, 7) is 3.80. The molecule has 0 spiro atoms. The molecule has 0 radical (unpaired) electrons. The average molecular weight is 423 g/mol. The Morgan fingerprint density at radius 3 is 2.46 bits per heavy atom. The van der Waals surface area contributed by atoms with E-state index in [1.165, 1.54) is 32.3 Å². The number of amides is 1. The summed E-state index contributed by atoms with van der Waals surface area (Å²) in [5.74, 6) is 0.407. The first-order valence-corrected chi connectivity index (χ1v) is 10.8. The van der Waals surface area contributed by atoms with Gasteiger partial charge >= 0.3 is 0 Å². The number of benzene rings is 1. The maximum absolute atomic E-state index is 12.7. The molecule has 7 nitrogen and oxygen atoms in total. The first kappa shape index (κ1) is 20.6. The van der Waals surface area contributed by atoms with Crippen molar-refractivity contribution in [1.82, 2.24) is 9.29 Å². The first-order chi connectivity index (χ1) is 13.2. The van der Waals surface area contributed by atoms with Gasteiger partial charge < -0.3 is 10.2 Å². The van der Waals surface area contributed by atoms with E-state index >= 15 is 0 Å². The van der Waals surface area contributed by atoms with Gasteiger partial charge in [0.25, 0.3) is 5.91 Å². The standard InChI is InChI=1S/C19H23ClN4O3S/c1-13-17(8-9-18(21-13)24-10-4-5-11-24)22-19(25)15-12-14(6-7-16(15)20)28(26,27)23(2)3/h6-9,12H,4-5,10-11H2,1-3H3,(H,22,25). The third-order valence-electron chi connectivity index (χ3n) is 4.71. The fraction of sp³-hybridized carbons (Fsp3) is 0.368. The number of rotatable bonds is 5. The highest BCUT2D eigenvalue weighted by atomic mass is 35.5. The molecule has 1 saturated heterocycles. The van der Waals surface area contributed by atoms with E-state index in [0.29, 0.717) is 11.4 Å². The highest BCUT2D eigenvalue weighted by Crippen LogP contribution is 2.25. The molecule has 2 aromatic rings. The third kappa shape index (κ3) is 4.14. The molecular formula is C19H23ClN4O3S. The molecule has 1 fully saturated rings. The Balaban J connectivity index is 1.85. The minimum Gasteiger partial charge on any atom is -0.357 e. The van der Waals surface area contributed by atoms with Gasteiger partial charge in [0.1, 0.15) is 5.82 Å². The number of nitrogens with zero attached hydrogens (tertiary/aromatic N) is 3. The van der Waals surface area contributed by atoms with E-state index in [1.807, 2.05) is 19.1 Å². The Kier molecular flexibility index (Phi) is 5.92. The van der Waals surface area contributed by atoms with Crippen LogP contribution in [0.3, 0.4) is 0 Å². The van der Waals surface area contributed by atoms with Crippen molar-refractivity contribution in [2.24, 2.45) is 0 Å². The molecule has 1 aromatic carbocycles. The summed E-state index contributed by atoms with van der Waals surface area (Å²) >= 11 is 6.15. The fourth-order valence-electron chi connectivity index (χ4n) is 3.04. The topological polar surface area (TPSA) is 82.6 Å². The minimum atomic E-state index is -3.67. The lowest BCUT2D eigenvalue weighted by Crippen LogP contribution is -2.23. The van der Waals surface area contributed by atoms with Gasteiger partial charge in [-0.15, -0.1) is 0 Å². The van der Waals surface area contributed by atoms with Crippen molar-refractivity contribution in [3.8, 4) is 0 Å². The van der Waals surface area contributed by atoms with Crippen LogP contribution in [0, 0.1) is 6.92 Å². The van der Waals surface area contributed by atoms with Gasteiger partial charge in [0, 0.05) is 27.2 Å². The van der Waals surface area contributed by atoms with Crippen LogP contribution in [0.2, 0.25) is 5.02 Å². The number of nitrogens with one attached hydrogen (secondary N) is 1. The summed E-state index contributed by atoms with van der Waals surface area (Å²) in [6, 6.07) is 7.76. The molecule has 1 N–H and O–H groups in total. The van der Waals surface area contributed by atoms with Crippen LogP contribution in [0.15, 0.2) is 35.2 Å². The predicted octanol–water partition coefficient (Wildman–Crippen LogP) is 3.15. The van der Waals surface area contributed by atoms with E-state index in [0.717, 1.165) is 36.1 Å². The largest absolute Gasteiger partial charge is 0.357 e. The van der Waals surface area contributed by atoms with Gasteiger partial charge in [-0.25, -0.2) is 17.7 Å². The van der Waals surface area contributed by atoms with E-state index < -0.39 is 15.9 Å². The van der Waals surface area contributed by atoms with E-state index in [1.54, 1.807) is 0 Å². The first-order valence-electron chi connectivity index (χ1n) is 8.96. The zero-order chi connectivity index (χ0) is 20.5. The lowest BCUT2D eigenvalue weighted by atomic mass is 10.2. The Morgan fingerprint density at radius 2 is 1.86 bits per heavy atom. The number of aromatic nitrogens is 1. The molecule has 1 aliphatic rings. The van der Waals surface area contributed by atoms with E-state index in [4.69, 9.17) is 11.6 Å². The summed E-state index contributed by atoms with van der Waals surface area (Å²) in [5, 5.41) is 2.96. The average Bonchev–Trinajstić information content (AvgIpc) is 3.18. The molecule has 3 rings (SSSR count). The number of pyridine rings is 1. The van der Waals surface area contributed by atoms with Gasteiger partial charge in [0.2, 0.25) is 10.0 Å². The maximum Gasteiger partial charge on any atom is 0.257 e. The van der Waals surface area contributed by atoms with Gasteiger partial charge in [-0.2, -0.15) is 0 Å². The van der Waals surface area contributed by atoms with Gasteiger partial charge in [-0.1, -0.05) is 11.6 Å². The SMILES string of the molecule is Cc1nc(N2CCCC2)ccc1NC(=O)c1cc(S(=O)(=O)N(C)C)ccc1Cl. The van der Waals surface area contributed by atoms with Gasteiger partial charge in [-0.05, 0) is 50.1 Å². The number of anilines is 2. The molecule has 0 bridgehead atoms. The molecule has 2 heterocycles. The van der Waals surface area contributed by atoms with Crippen molar-refractivity contribution in [3.63, 3.8) is 0 Å². The summed E-state index contributed by atoms with van der Waals surface area (Å²) < 4.78 is 25.7. The van der Waals surface area contributed by atoms with E-state index in [9.17, 15) is 13.2 Å². The highest BCUT2D eigenvalue weighted by Gasteiger charge is 2.21. The minimum absolute atomic E-state index is 0.00581. The van der Waals surface area contributed by atoms with Gasteiger partial charge in [-0.3, -0.25) is 4.79 Å². The zero-order valence-electron chi connectivity index (χ0n) is 16.1. The molecule has 0 saturated carbocycles. The zero-order valence-corrected chi connectivity index (χ0v) is 17.6. The van der Waals surface area contributed by atoms with Crippen LogP contribution in [-0.2, 0) is 10.0 Å². The molecule has 1 aliphatic heterocycles. The number of sulfonamides is 1. The van der Waals surface area contributed by atoms with Crippen LogP contribution in [0.25, 0.3) is 0 Å². The summed E-state index contributed by atoms with van der Waals surface area (Å²) in [6.07, 6.45) is 2.31. The number of carbonyl (C=O) groups is 1. The molecule has 0 aliphatic carbocycles. The smallest absolute Gasteiger partial charge is 0.257 e. The molecule has 1 aromatic heterocycles. The van der Waals surface area contributed by atoms with E-state index in [2.05, 4.69) is 15.2 Å². The molecule has 0 unspecified atom stereocenters. The second kappa shape index (κ2) is 8.06. The van der Waals surface area contributed by atoms with E-state index in [-0.39, 0.29) is 15.5 Å². The van der Waals surface area contributed by atoms with Crippen molar-refractivity contribution < 1.29 is 13.2 Å². The van der Waals surface area contributed by atoms with Crippen LogP contribution in [0.4, 0.5) is 11.5 Å². The molecule has 1 amide bonds. The van der Waals surface area contributed by atoms with Crippen molar-refractivity contribution in [2.45, 2.75) is 24.7 Å². The Bertz CT molecular complexity index is 1000. The van der Waals surface area contributed by atoms with Gasteiger partial charge in [0.05, 0.1) is 26.9 Å². The number of hydrogen-bond acceptors (Lipinski definition) is 5. The highest BCUT2D eigenvalue weighted by molar-refractivity contribution is 7.89. The Labute approximate surface area is 170 Å². The Hall–Kier alpha value is -2.16. The van der Waals surface area contributed by atoms with Crippen molar-refractivity contribution in [2.75, 3.05) is 37.4 Å². The fourth-order valence-corrected chi connectivity index (χ4v) is 4.17. The number of hydrogen-bond donors (Lipinski definition) is 1. The monoisotopic (exact) mass is 422 g/mol. The molecule has 0 atom stereocenters. The second-order valence-electron chi connectivity index (χ2n) is 6.88. The van der Waals surface area contributed by atoms with Crippen LogP contribution in [0.1, 0.15) is 28.9 Å². The van der Waals surface area contributed by atoms with Crippen molar-refractivity contribution in [3.05, 3.63) is 46.6 Å². The molecule has 9 heteroatoms. The van der Waals surface area contributed by atoms with Crippen LogP contribution < -0.4 is 10.2 Å². The number of carbonyl (C=O) groups excluding carboxylic acids is 1. The summed E-state index contributed by atoms with van der Waals surface area (Å²) in [4.78, 5) is 19.5. The van der Waals surface area contributed by atoms with Crippen molar-refractivity contribution >= 4 is 39.0 Å². The summed E-state index contributed by atoms with van der Waals surface area (Å²) in [5.41, 5.74) is 1.34. The molecule has 150 valence electrons. The number of aryl methyl sites for hydroxylation is 1. The molecular weight excluding hydrogens is 400 g/mol. The predicted molar refractivity (Wildman–Crippen MR) is 111 cm³/mol. The van der Waals surface area contributed by atoms with Crippen molar-refractivity contribution in [1.29, 1.82) is 0 Å². The van der Waals surface area contributed by atoms with Gasteiger partial charge in [0.15, 0.2) is 0 Å². The van der Waals surface area contributed by atoms with Crippen LogP contribution in [0.5, 0.6) is 0 Å². The van der Waals surface area contributed by atoms with Crippen LogP contribution >= 0.6 is 11.6 Å². The summed E-state index contributed by atoms with van der Waals surface area (Å²) in [7, 11) is -0.807. The quantitative estimate of drug-likeness (QED) is 0.800. The second-order valence-corrected chi connectivity index (χ2v) is 9.44. The maximum atomic E-state index is 12.7. The third-order valence-corrected chi connectivity index (χ3v) is 6.85. The lowest BCUT2D eigenvalue weighted by Gasteiger charge is -2.18. The lowest BCUT2D eigenvalue weighted by molar-refractivity contribution is 0.102. The molecule has 28 heavy (non-hydrogen) atoms. The van der Waals surface area contributed by atoms with Crippen LogP contribution in [-0.4, -0.2) is 50.8 Å². The number of halogens is 1.